The number of allylic oxidation sites excluding steroid dienone is 1. The SMILES string of the molecule is CC=CC(=O)NCCNC(C)=O. The Labute approximate surface area is 72.0 Å². The molecule has 0 radical (unpaired) electrons. The van der Waals surface area contributed by atoms with Crippen LogP contribution in [0.5, 0.6) is 0 Å². The lowest BCUT2D eigenvalue weighted by Crippen LogP contribution is -2.32. The van der Waals surface area contributed by atoms with Crippen LogP contribution in [-0.4, -0.2) is 24.9 Å². The molecule has 0 saturated carbocycles. The summed E-state index contributed by atoms with van der Waals surface area (Å²) in [4.78, 5) is 21.2. The largest absolute Gasteiger partial charge is 0.355 e. The van der Waals surface area contributed by atoms with Gasteiger partial charge in [0.25, 0.3) is 0 Å². The van der Waals surface area contributed by atoms with Crippen LogP contribution in [0.1, 0.15) is 13.8 Å². The van der Waals surface area contributed by atoms with Gasteiger partial charge in [-0.3, -0.25) is 9.59 Å². The molecule has 0 fully saturated rings. The summed E-state index contributed by atoms with van der Waals surface area (Å²) in [5, 5.41) is 5.16. The summed E-state index contributed by atoms with van der Waals surface area (Å²) < 4.78 is 0. The van der Waals surface area contributed by atoms with E-state index in [9.17, 15) is 9.59 Å². The first kappa shape index (κ1) is 10.7. The molecule has 2 N–H and O–H groups in total. The van der Waals surface area contributed by atoms with Crippen LogP contribution in [0.4, 0.5) is 0 Å². The van der Waals surface area contributed by atoms with Crippen molar-refractivity contribution >= 4 is 11.8 Å². The van der Waals surface area contributed by atoms with Crippen molar-refractivity contribution in [2.45, 2.75) is 13.8 Å². The normalized spacial score (nSPS) is 9.83. The summed E-state index contributed by atoms with van der Waals surface area (Å²) >= 11 is 0. The van der Waals surface area contributed by atoms with E-state index < -0.39 is 0 Å². The third-order valence-corrected chi connectivity index (χ3v) is 1.12. The van der Waals surface area contributed by atoms with Crippen molar-refractivity contribution in [3.05, 3.63) is 12.2 Å². The Hall–Kier alpha value is -1.32. The zero-order valence-corrected chi connectivity index (χ0v) is 7.39. The van der Waals surface area contributed by atoms with Gasteiger partial charge in [-0.05, 0) is 13.0 Å². The molecule has 0 aliphatic carbocycles. The van der Waals surface area contributed by atoms with Gasteiger partial charge in [0.1, 0.15) is 0 Å². The maximum Gasteiger partial charge on any atom is 0.243 e. The topological polar surface area (TPSA) is 58.2 Å². The Morgan fingerprint density at radius 3 is 2.33 bits per heavy atom. The molecule has 0 spiro atoms. The maximum atomic E-state index is 10.8. The lowest BCUT2D eigenvalue weighted by molar-refractivity contribution is -0.119. The predicted octanol–water partition coefficient (Wildman–Crippen LogP) is -0.185. The molecule has 0 saturated heterocycles. The number of amides is 2. The minimum atomic E-state index is -0.136. The highest BCUT2D eigenvalue weighted by atomic mass is 16.2. The lowest BCUT2D eigenvalue weighted by Gasteiger charge is -2.01. The molecule has 4 heteroatoms. The van der Waals surface area contributed by atoms with Gasteiger partial charge in [-0.25, -0.2) is 0 Å². The molecule has 4 nitrogen and oxygen atoms in total. The minimum Gasteiger partial charge on any atom is -0.355 e. The highest BCUT2D eigenvalue weighted by Gasteiger charge is 1.93. The summed E-state index contributed by atoms with van der Waals surface area (Å²) in [7, 11) is 0. The van der Waals surface area contributed by atoms with Crippen LogP contribution in [-0.2, 0) is 9.59 Å². The zero-order chi connectivity index (χ0) is 9.40. The van der Waals surface area contributed by atoms with Crippen LogP contribution in [0.25, 0.3) is 0 Å². The van der Waals surface area contributed by atoms with E-state index in [-0.39, 0.29) is 11.8 Å². The second kappa shape index (κ2) is 6.39. The Morgan fingerprint density at radius 1 is 1.25 bits per heavy atom. The molecule has 0 unspecified atom stereocenters. The fraction of sp³-hybridized carbons (Fsp3) is 0.500. The first-order valence-corrected chi connectivity index (χ1v) is 3.81. The number of carbonyl (C=O) groups is 2. The molecule has 68 valence electrons. The minimum absolute atomic E-state index is 0.0877. The number of rotatable bonds is 4. The summed E-state index contributed by atoms with van der Waals surface area (Å²) in [6.07, 6.45) is 3.10. The van der Waals surface area contributed by atoms with Gasteiger partial charge >= 0.3 is 0 Å². The smallest absolute Gasteiger partial charge is 0.243 e. The van der Waals surface area contributed by atoms with Crippen LogP contribution in [0.2, 0.25) is 0 Å². The monoisotopic (exact) mass is 170 g/mol. The molecule has 0 aromatic heterocycles. The maximum absolute atomic E-state index is 10.8. The van der Waals surface area contributed by atoms with E-state index in [1.54, 1.807) is 13.0 Å². The van der Waals surface area contributed by atoms with Gasteiger partial charge < -0.3 is 10.6 Å². The summed E-state index contributed by atoms with van der Waals surface area (Å²) in [6, 6.07) is 0. The lowest BCUT2D eigenvalue weighted by atomic mass is 10.5. The quantitative estimate of drug-likeness (QED) is 0.454. The molecular formula is C8H14N2O2. The van der Waals surface area contributed by atoms with E-state index in [4.69, 9.17) is 0 Å². The van der Waals surface area contributed by atoms with Gasteiger partial charge in [0.05, 0.1) is 0 Å². The van der Waals surface area contributed by atoms with Crippen LogP contribution in [0.3, 0.4) is 0 Å². The number of nitrogens with one attached hydrogen (secondary N) is 2. The van der Waals surface area contributed by atoms with Crippen LogP contribution >= 0.6 is 0 Å². The molecule has 0 atom stereocenters. The van der Waals surface area contributed by atoms with Gasteiger partial charge in [0, 0.05) is 20.0 Å². The van der Waals surface area contributed by atoms with E-state index in [0.717, 1.165) is 0 Å². The first-order valence-electron chi connectivity index (χ1n) is 3.81. The molecule has 2 amide bonds. The number of hydrogen-bond donors (Lipinski definition) is 2. The van der Waals surface area contributed by atoms with E-state index in [1.807, 2.05) is 0 Å². The summed E-state index contributed by atoms with van der Waals surface area (Å²) in [6.45, 7) is 4.14. The van der Waals surface area contributed by atoms with Crippen molar-refractivity contribution in [1.29, 1.82) is 0 Å². The molecule has 0 aromatic rings. The highest BCUT2D eigenvalue weighted by molar-refractivity contribution is 5.87. The molecular weight excluding hydrogens is 156 g/mol. The van der Waals surface area contributed by atoms with Crippen molar-refractivity contribution in [3.63, 3.8) is 0 Å². The highest BCUT2D eigenvalue weighted by Crippen LogP contribution is 1.70. The van der Waals surface area contributed by atoms with E-state index in [0.29, 0.717) is 13.1 Å². The standard InChI is InChI=1S/C8H14N2O2/c1-3-4-8(12)10-6-5-9-7(2)11/h3-4H,5-6H2,1-2H3,(H,9,11)(H,10,12). The third kappa shape index (κ3) is 6.80. The fourth-order valence-corrected chi connectivity index (χ4v) is 0.635. The van der Waals surface area contributed by atoms with E-state index >= 15 is 0 Å². The molecule has 12 heavy (non-hydrogen) atoms. The van der Waals surface area contributed by atoms with E-state index in [1.165, 1.54) is 13.0 Å². The Bertz CT molecular complexity index is 187. The van der Waals surface area contributed by atoms with E-state index in [2.05, 4.69) is 10.6 Å². The molecule has 0 aliphatic heterocycles. The number of carbonyl (C=O) groups excluding carboxylic acids is 2. The average Bonchev–Trinajstić information content (AvgIpc) is 1.98. The van der Waals surface area contributed by atoms with Gasteiger partial charge in [-0.15, -0.1) is 0 Å². The molecule has 0 bridgehead atoms. The Balaban J connectivity index is 3.31. The van der Waals surface area contributed by atoms with Crippen molar-refractivity contribution in [2.75, 3.05) is 13.1 Å². The second-order valence-electron chi connectivity index (χ2n) is 2.27. The molecule has 0 aromatic carbocycles. The van der Waals surface area contributed by atoms with Gasteiger partial charge in [-0.2, -0.15) is 0 Å². The molecule has 0 aliphatic rings. The molecule has 0 rings (SSSR count). The van der Waals surface area contributed by atoms with Gasteiger partial charge in [0.2, 0.25) is 11.8 Å². The van der Waals surface area contributed by atoms with Crippen molar-refractivity contribution < 1.29 is 9.59 Å². The van der Waals surface area contributed by atoms with Gasteiger partial charge in [-0.1, -0.05) is 6.08 Å². The van der Waals surface area contributed by atoms with Crippen molar-refractivity contribution in [1.82, 2.24) is 10.6 Å². The van der Waals surface area contributed by atoms with Crippen LogP contribution in [0.15, 0.2) is 12.2 Å². The zero-order valence-electron chi connectivity index (χ0n) is 7.39. The second-order valence-corrected chi connectivity index (χ2v) is 2.27. The number of hydrogen-bond acceptors (Lipinski definition) is 2. The Morgan fingerprint density at radius 2 is 1.83 bits per heavy atom. The van der Waals surface area contributed by atoms with Crippen molar-refractivity contribution in [3.8, 4) is 0 Å². The summed E-state index contributed by atoms with van der Waals surface area (Å²) in [5.41, 5.74) is 0. The average molecular weight is 170 g/mol. The predicted molar refractivity (Wildman–Crippen MR) is 46.5 cm³/mol. The van der Waals surface area contributed by atoms with Crippen LogP contribution < -0.4 is 10.6 Å². The fourth-order valence-electron chi connectivity index (χ4n) is 0.635. The van der Waals surface area contributed by atoms with Crippen molar-refractivity contribution in [2.24, 2.45) is 0 Å². The van der Waals surface area contributed by atoms with Gasteiger partial charge in [0.15, 0.2) is 0 Å². The third-order valence-electron chi connectivity index (χ3n) is 1.12. The van der Waals surface area contributed by atoms with Crippen LogP contribution in [0, 0.1) is 0 Å². The first-order chi connectivity index (χ1) is 5.66. The Kier molecular flexibility index (Phi) is 5.69. The molecule has 0 heterocycles. The summed E-state index contributed by atoms with van der Waals surface area (Å²) in [5.74, 6) is -0.224.